The smallest absolute Gasteiger partial charge is 0.261 e. The van der Waals surface area contributed by atoms with Gasteiger partial charge in [-0.3, -0.25) is 9.59 Å². The number of fused-ring (bicyclic) bond motifs is 3. The van der Waals surface area contributed by atoms with E-state index in [1.54, 1.807) is 24.3 Å². The van der Waals surface area contributed by atoms with Crippen LogP contribution in [0.15, 0.2) is 53.5 Å². The number of methoxy groups -OCH3 is 1. The van der Waals surface area contributed by atoms with Crippen LogP contribution in [-0.4, -0.2) is 27.6 Å². The second-order valence-electron chi connectivity index (χ2n) is 5.59. The van der Waals surface area contributed by atoms with Gasteiger partial charge in [-0.05, 0) is 24.3 Å². The van der Waals surface area contributed by atoms with E-state index >= 15 is 0 Å². The van der Waals surface area contributed by atoms with Crippen LogP contribution in [-0.2, 0) is 0 Å². The van der Waals surface area contributed by atoms with Crippen LogP contribution in [0.1, 0.15) is 10.4 Å². The summed E-state index contributed by atoms with van der Waals surface area (Å²) in [6, 6.07) is 11.0. The van der Waals surface area contributed by atoms with Crippen molar-refractivity contribution < 1.29 is 13.9 Å². The number of benzene rings is 2. The number of H-pyrrole nitrogens is 1. The van der Waals surface area contributed by atoms with Crippen LogP contribution >= 0.6 is 0 Å². The Hall–Kier alpha value is -3.68. The van der Waals surface area contributed by atoms with E-state index in [2.05, 4.69) is 15.4 Å². The number of nitrogens with one attached hydrogen (secondary N) is 2. The second-order valence-corrected chi connectivity index (χ2v) is 5.59. The van der Waals surface area contributed by atoms with Crippen molar-refractivity contribution in [1.82, 2.24) is 14.6 Å². The van der Waals surface area contributed by atoms with E-state index in [-0.39, 0.29) is 28.2 Å². The zero-order valence-electron chi connectivity index (χ0n) is 13.6. The minimum absolute atomic E-state index is 0.0785. The molecule has 0 radical (unpaired) electrons. The van der Waals surface area contributed by atoms with Crippen LogP contribution in [0.2, 0.25) is 0 Å². The van der Waals surface area contributed by atoms with Gasteiger partial charge in [0.15, 0.2) is 11.6 Å². The lowest BCUT2D eigenvalue weighted by molar-refractivity contribution is 0.102. The number of hydrogen-bond donors (Lipinski definition) is 2. The molecule has 0 spiro atoms. The highest BCUT2D eigenvalue weighted by molar-refractivity contribution is 6.08. The van der Waals surface area contributed by atoms with E-state index < -0.39 is 11.7 Å². The maximum absolute atomic E-state index is 13.8. The highest BCUT2D eigenvalue weighted by Gasteiger charge is 2.17. The molecular formula is C18H13FN4O3. The minimum atomic E-state index is -0.593. The van der Waals surface area contributed by atoms with Crippen LogP contribution in [0.5, 0.6) is 5.75 Å². The number of rotatable bonds is 3. The average Bonchev–Trinajstić information content (AvgIpc) is 3.06. The Morgan fingerprint density at radius 1 is 1.27 bits per heavy atom. The summed E-state index contributed by atoms with van der Waals surface area (Å²) in [5.41, 5.74) is 0.957. The summed E-state index contributed by atoms with van der Waals surface area (Å²) in [6.45, 7) is 0. The van der Waals surface area contributed by atoms with Gasteiger partial charge < -0.3 is 15.0 Å². The van der Waals surface area contributed by atoms with Crippen molar-refractivity contribution in [2.45, 2.75) is 0 Å². The van der Waals surface area contributed by atoms with E-state index in [1.807, 2.05) is 0 Å². The normalized spacial score (nSPS) is 11.0. The molecule has 0 aliphatic heterocycles. The topological polar surface area (TPSA) is 88.5 Å². The second kappa shape index (κ2) is 5.99. The summed E-state index contributed by atoms with van der Waals surface area (Å²) in [6.07, 6.45) is 1.35. The number of carbonyl (C=O) groups is 1. The summed E-state index contributed by atoms with van der Waals surface area (Å²) in [4.78, 5) is 27.5. The fraction of sp³-hybridized carbons (Fsp3) is 0.0556. The molecule has 4 rings (SSSR count). The number of ether oxygens (including phenoxy) is 1. The molecule has 26 heavy (non-hydrogen) atoms. The molecule has 2 aromatic carbocycles. The number of halogens is 1. The Balaban J connectivity index is 1.76. The average molecular weight is 352 g/mol. The molecule has 0 aliphatic carbocycles. The van der Waals surface area contributed by atoms with Gasteiger partial charge in [-0.2, -0.15) is 5.10 Å². The third-order valence-electron chi connectivity index (χ3n) is 4.03. The van der Waals surface area contributed by atoms with Gasteiger partial charge in [0.25, 0.3) is 11.5 Å². The first-order valence-corrected chi connectivity index (χ1v) is 7.72. The SMILES string of the molecule is COc1ccc(NC(=O)c2cnn3c2[nH]c(=O)c2ccccc23)cc1F. The van der Waals surface area contributed by atoms with Crippen LogP contribution < -0.4 is 15.6 Å². The minimum Gasteiger partial charge on any atom is -0.494 e. The molecule has 4 aromatic rings. The monoisotopic (exact) mass is 352 g/mol. The molecule has 2 heterocycles. The summed E-state index contributed by atoms with van der Waals surface area (Å²) in [5.74, 6) is -1.03. The molecule has 1 amide bonds. The summed E-state index contributed by atoms with van der Waals surface area (Å²) in [7, 11) is 1.36. The molecule has 0 bridgehead atoms. The van der Waals surface area contributed by atoms with Gasteiger partial charge in [-0.15, -0.1) is 0 Å². The van der Waals surface area contributed by atoms with Crippen molar-refractivity contribution >= 4 is 28.1 Å². The third-order valence-corrected chi connectivity index (χ3v) is 4.03. The lowest BCUT2D eigenvalue weighted by Crippen LogP contribution is -2.15. The first-order valence-electron chi connectivity index (χ1n) is 7.72. The summed E-state index contributed by atoms with van der Waals surface area (Å²) >= 11 is 0. The van der Waals surface area contributed by atoms with Gasteiger partial charge in [0, 0.05) is 11.8 Å². The molecule has 0 saturated carbocycles. The predicted octanol–water partition coefficient (Wildman–Crippen LogP) is 2.58. The Bertz CT molecular complexity index is 1210. The third kappa shape index (κ3) is 2.48. The van der Waals surface area contributed by atoms with E-state index in [0.717, 1.165) is 6.07 Å². The molecule has 0 unspecified atom stereocenters. The zero-order chi connectivity index (χ0) is 18.3. The highest BCUT2D eigenvalue weighted by atomic mass is 19.1. The van der Waals surface area contributed by atoms with Crippen molar-refractivity contribution in [3.63, 3.8) is 0 Å². The van der Waals surface area contributed by atoms with E-state index in [9.17, 15) is 14.0 Å². The number of anilines is 1. The lowest BCUT2D eigenvalue weighted by atomic mass is 10.2. The lowest BCUT2D eigenvalue weighted by Gasteiger charge is -2.07. The largest absolute Gasteiger partial charge is 0.494 e. The van der Waals surface area contributed by atoms with Crippen molar-refractivity contribution in [3.8, 4) is 5.75 Å². The predicted molar refractivity (Wildman–Crippen MR) is 94.2 cm³/mol. The zero-order valence-corrected chi connectivity index (χ0v) is 13.6. The number of carbonyl (C=O) groups excluding carboxylic acids is 1. The van der Waals surface area contributed by atoms with Crippen LogP contribution in [0, 0.1) is 5.82 Å². The van der Waals surface area contributed by atoms with Crippen LogP contribution in [0.3, 0.4) is 0 Å². The van der Waals surface area contributed by atoms with Gasteiger partial charge in [0.2, 0.25) is 0 Å². The molecule has 2 aromatic heterocycles. The maximum Gasteiger partial charge on any atom is 0.261 e. The van der Waals surface area contributed by atoms with E-state index in [0.29, 0.717) is 10.9 Å². The first kappa shape index (κ1) is 15.8. The molecule has 2 N–H and O–H groups in total. The van der Waals surface area contributed by atoms with Crippen molar-refractivity contribution in [3.05, 3.63) is 70.4 Å². The van der Waals surface area contributed by atoms with Gasteiger partial charge >= 0.3 is 0 Å². The number of amides is 1. The molecule has 7 nitrogen and oxygen atoms in total. The number of para-hydroxylation sites is 1. The highest BCUT2D eigenvalue weighted by Crippen LogP contribution is 2.22. The van der Waals surface area contributed by atoms with Gasteiger partial charge in [-0.25, -0.2) is 8.91 Å². The molecule has 0 fully saturated rings. The van der Waals surface area contributed by atoms with Gasteiger partial charge in [0.1, 0.15) is 11.2 Å². The Morgan fingerprint density at radius 3 is 2.85 bits per heavy atom. The van der Waals surface area contributed by atoms with Gasteiger partial charge in [0.05, 0.1) is 24.2 Å². The molecule has 130 valence electrons. The van der Waals surface area contributed by atoms with E-state index in [4.69, 9.17) is 4.74 Å². The summed E-state index contributed by atoms with van der Waals surface area (Å²) < 4.78 is 20.1. The van der Waals surface area contributed by atoms with Crippen molar-refractivity contribution in [1.29, 1.82) is 0 Å². The number of aromatic nitrogens is 3. The quantitative estimate of drug-likeness (QED) is 0.593. The standard InChI is InChI=1S/C18H13FN4O3/c1-26-15-7-6-10(8-13(15)19)21-18(25)12-9-20-23-14-5-3-2-4-11(14)17(24)22-16(12)23/h2-9H,1H3,(H,21,25)(H,22,24). The number of nitrogens with zero attached hydrogens (tertiary/aromatic N) is 2. The van der Waals surface area contributed by atoms with E-state index in [1.165, 1.54) is 30.0 Å². The van der Waals surface area contributed by atoms with Crippen molar-refractivity contribution in [2.24, 2.45) is 0 Å². The molecule has 0 atom stereocenters. The first-order chi connectivity index (χ1) is 12.6. The fourth-order valence-electron chi connectivity index (χ4n) is 2.79. The molecule has 0 aliphatic rings. The van der Waals surface area contributed by atoms with Crippen molar-refractivity contribution in [2.75, 3.05) is 12.4 Å². The Labute approximate surface area is 146 Å². The van der Waals surface area contributed by atoms with Gasteiger partial charge in [-0.1, -0.05) is 12.1 Å². The van der Waals surface area contributed by atoms with Crippen LogP contribution in [0.4, 0.5) is 10.1 Å². The number of aromatic amines is 1. The molecule has 8 heteroatoms. The maximum atomic E-state index is 13.8. The Kier molecular flexibility index (Phi) is 3.65. The summed E-state index contributed by atoms with van der Waals surface area (Å²) in [5, 5.41) is 7.24. The molecule has 0 saturated heterocycles. The van der Waals surface area contributed by atoms with Crippen LogP contribution in [0.25, 0.3) is 16.6 Å². The fourth-order valence-corrected chi connectivity index (χ4v) is 2.79. The Morgan fingerprint density at radius 2 is 2.08 bits per heavy atom. The molecular weight excluding hydrogens is 339 g/mol. The number of hydrogen-bond acceptors (Lipinski definition) is 4.